The van der Waals surface area contributed by atoms with E-state index in [4.69, 9.17) is 0 Å². The zero-order valence-electron chi connectivity index (χ0n) is 19.1. The molecule has 1 saturated carbocycles. The molecule has 5 rings (SSSR count). The third-order valence-electron chi connectivity index (χ3n) is 6.14. The Morgan fingerprint density at radius 3 is 2.82 bits per heavy atom. The van der Waals surface area contributed by atoms with Gasteiger partial charge >= 0.3 is 0 Å². The maximum Gasteiger partial charge on any atom is 0.251 e. The first-order valence-electron chi connectivity index (χ1n) is 11.5. The highest BCUT2D eigenvalue weighted by Crippen LogP contribution is 2.28. The molecule has 10 heteroatoms. The minimum Gasteiger partial charge on any atom is -0.378 e. The SMILES string of the molecule is Cn1c(CNc2cccc(C(=O)NCc3ccn(C4CCCC4)n3)c2)nnc1-c1ccncn1. The summed E-state index contributed by atoms with van der Waals surface area (Å²) in [5.41, 5.74) is 2.99. The molecule has 1 aliphatic rings. The Hall–Kier alpha value is -4.08. The number of benzene rings is 1. The normalized spacial score (nSPS) is 13.8. The average Bonchev–Trinajstić information content (AvgIpc) is 3.63. The van der Waals surface area contributed by atoms with Crippen LogP contribution in [-0.4, -0.2) is 40.4 Å². The fourth-order valence-corrected chi connectivity index (χ4v) is 4.23. The van der Waals surface area contributed by atoms with Gasteiger partial charge in [-0.05, 0) is 43.2 Å². The molecule has 3 heterocycles. The lowest BCUT2D eigenvalue weighted by molar-refractivity contribution is 0.0950. The van der Waals surface area contributed by atoms with Crippen molar-refractivity contribution < 1.29 is 4.79 Å². The van der Waals surface area contributed by atoms with Gasteiger partial charge in [-0.3, -0.25) is 9.48 Å². The van der Waals surface area contributed by atoms with Crippen LogP contribution in [0, 0.1) is 0 Å². The first-order chi connectivity index (χ1) is 16.7. The van der Waals surface area contributed by atoms with Gasteiger partial charge in [-0.15, -0.1) is 10.2 Å². The number of nitrogens with zero attached hydrogens (tertiary/aromatic N) is 7. The van der Waals surface area contributed by atoms with Crippen LogP contribution in [0.2, 0.25) is 0 Å². The zero-order valence-corrected chi connectivity index (χ0v) is 19.1. The Labute approximate surface area is 197 Å². The summed E-state index contributed by atoms with van der Waals surface area (Å²) in [6, 6.07) is 11.7. The second kappa shape index (κ2) is 9.82. The number of amides is 1. The summed E-state index contributed by atoms with van der Waals surface area (Å²) in [5.74, 6) is 1.28. The molecular formula is C24H27N9O. The van der Waals surface area contributed by atoms with Crippen LogP contribution in [0.5, 0.6) is 0 Å². The van der Waals surface area contributed by atoms with Crippen molar-refractivity contribution in [3.8, 4) is 11.5 Å². The van der Waals surface area contributed by atoms with Gasteiger partial charge in [0.2, 0.25) is 0 Å². The molecule has 34 heavy (non-hydrogen) atoms. The quantitative estimate of drug-likeness (QED) is 0.418. The standard InChI is InChI=1S/C24H27N9O/c1-32-22(29-30-23(32)21-9-11-25-16-28-21)15-26-18-6-4-5-17(13-18)24(34)27-14-19-10-12-33(31-19)20-7-2-3-8-20/h4-6,9-13,16,20,26H,2-3,7-8,14-15H2,1H3,(H,27,34). The van der Waals surface area contributed by atoms with Gasteiger partial charge in [0.25, 0.3) is 5.91 Å². The van der Waals surface area contributed by atoms with Crippen LogP contribution in [0.4, 0.5) is 5.69 Å². The number of anilines is 1. The highest BCUT2D eigenvalue weighted by molar-refractivity contribution is 5.95. The second-order valence-corrected chi connectivity index (χ2v) is 8.44. The number of rotatable bonds is 8. The molecule has 174 valence electrons. The fraction of sp³-hybridized carbons (Fsp3) is 0.333. The van der Waals surface area contributed by atoms with E-state index in [0.717, 1.165) is 17.2 Å². The lowest BCUT2D eigenvalue weighted by Gasteiger charge is -2.10. The van der Waals surface area contributed by atoms with Crippen LogP contribution >= 0.6 is 0 Å². The molecule has 4 aromatic rings. The molecular weight excluding hydrogens is 430 g/mol. The van der Waals surface area contributed by atoms with E-state index in [1.807, 2.05) is 46.8 Å². The minimum absolute atomic E-state index is 0.135. The molecule has 10 nitrogen and oxygen atoms in total. The number of carbonyl (C=O) groups excluding carboxylic acids is 1. The molecule has 3 aromatic heterocycles. The van der Waals surface area contributed by atoms with Crippen molar-refractivity contribution in [3.05, 3.63) is 72.2 Å². The van der Waals surface area contributed by atoms with Gasteiger partial charge in [-0.1, -0.05) is 18.9 Å². The average molecular weight is 458 g/mol. The lowest BCUT2D eigenvalue weighted by atomic mass is 10.2. The van der Waals surface area contributed by atoms with Gasteiger partial charge in [0.15, 0.2) is 11.6 Å². The third kappa shape index (κ3) is 4.80. The van der Waals surface area contributed by atoms with Crippen molar-refractivity contribution >= 4 is 11.6 Å². The van der Waals surface area contributed by atoms with Crippen LogP contribution < -0.4 is 10.6 Å². The largest absolute Gasteiger partial charge is 0.378 e. The van der Waals surface area contributed by atoms with Crippen LogP contribution in [0.3, 0.4) is 0 Å². The van der Waals surface area contributed by atoms with Crippen LogP contribution in [0.25, 0.3) is 11.5 Å². The van der Waals surface area contributed by atoms with Gasteiger partial charge in [0, 0.05) is 30.7 Å². The topological polar surface area (TPSA) is 115 Å². The monoisotopic (exact) mass is 457 g/mol. The molecule has 1 amide bonds. The summed E-state index contributed by atoms with van der Waals surface area (Å²) >= 11 is 0. The molecule has 1 aromatic carbocycles. The highest BCUT2D eigenvalue weighted by Gasteiger charge is 2.18. The summed E-state index contributed by atoms with van der Waals surface area (Å²) in [7, 11) is 1.90. The van der Waals surface area contributed by atoms with Gasteiger partial charge in [0.05, 0.1) is 24.8 Å². The maximum atomic E-state index is 12.7. The van der Waals surface area contributed by atoms with Gasteiger partial charge < -0.3 is 15.2 Å². The molecule has 0 aliphatic heterocycles. The lowest BCUT2D eigenvalue weighted by Crippen LogP contribution is -2.23. The Balaban J connectivity index is 1.18. The van der Waals surface area contributed by atoms with E-state index >= 15 is 0 Å². The number of carbonyl (C=O) groups is 1. The van der Waals surface area contributed by atoms with E-state index < -0.39 is 0 Å². The summed E-state index contributed by atoms with van der Waals surface area (Å²) < 4.78 is 3.93. The third-order valence-corrected chi connectivity index (χ3v) is 6.14. The summed E-state index contributed by atoms with van der Waals surface area (Å²) in [6.45, 7) is 0.860. The molecule has 0 radical (unpaired) electrons. The number of nitrogens with one attached hydrogen (secondary N) is 2. The Kier molecular flexibility index (Phi) is 6.28. The van der Waals surface area contributed by atoms with Crippen molar-refractivity contribution in [1.82, 2.24) is 39.8 Å². The Morgan fingerprint density at radius 2 is 2.00 bits per heavy atom. The van der Waals surface area contributed by atoms with Crippen molar-refractivity contribution in [2.75, 3.05) is 5.32 Å². The molecule has 0 unspecified atom stereocenters. The Morgan fingerprint density at radius 1 is 1.12 bits per heavy atom. The van der Waals surface area contributed by atoms with Crippen LogP contribution in [0.1, 0.15) is 53.6 Å². The van der Waals surface area contributed by atoms with Gasteiger partial charge in [-0.25, -0.2) is 9.97 Å². The second-order valence-electron chi connectivity index (χ2n) is 8.44. The van der Waals surface area contributed by atoms with E-state index in [1.54, 1.807) is 18.3 Å². The predicted octanol–water partition coefficient (Wildman–Crippen LogP) is 3.13. The summed E-state index contributed by atoms with van der Waals surface area (Å²) in [6.07, 6.45) is 10.1. The van der Waals surface area contributed by atoms with Crippen LogP contribution in [-0.2, 0) is 20.1 Å². The first kappa shape index (κ1) is 21.7. The minimum atomic E-state index is -0.135. The van der Waals surface area contributed by atoms with Crippen molar-refractivity contribution in [2.24, 2.45) is 7.05 Å². The maximum absolute atomic E-state index is 12.7. The zero-order chi connectivity index (χ0) is 23.3. The van der Waals surface area contributed by atoms with Crippen molar-refractivity contribution in [1.29, 1.82) is 0 Å². The molecule has 0 saturated heterocycles. The number of aromatic nitrogens is 7. The van der Waals surface area contributed by atoms with E-state index in [9.17, 15) is 4.79 Å². The van der Waals surface area contributed by atoms with Crippen molar-refractivity contribution in [3.63, 3.8) is 0 Å². The number of hydrogen-bond acceptors (Lipinski definition) is 7. The molecule has 1 fully saturated rings. The van der Waals surface area contributed by atoms with E-state index in [2.05, 4.69) is 35.9 Å². The molecule has 2 N–H and O–H groups in total. The predicted molar refractivity (Wildman–Crippen MR) is 127 cm³/mol. The molecule has 0 bridgehead atoms. The van der Waals surface area contributed by atoms with Crippen LogP contribution in [0.15, 0.2) is 55.1 Å². The fourth-order valence-electron chi connectivity index (χ4n) is 4.23. The highest BCUT2D eigenvalue weighted by atomic mass is 16.1. The Bertz CT molecular complexity index is 1260. The molecule has 1 aliphatic carbocycles. The first-order valence-corrected chi connectivity index (χ1v) is 11.5. The van der Waals surface area contributed by atoms with E-state index in [1.165, 1.54) is 32.0 Å². The number of hydrogen-bond donors (Lipinski definition) is 2. The summed E-state index contributed by atoms with van der Waals surface area (Å²) in [4.78, 5) is 20.9. The molecule has 0 spiro atoms. The van der Waals surface area contributed by atoms with Gasteiger partial charge in [0.1, 0.15) is 12.0 Å². The smallest absolute Gasteiger partial charge is 0.251 e. The summed E-state index contributed by atoms with van der Waals surface area (Å²) in [5, 5.41) is 19.4. The van der Waals surface area contributed by atoms with Gasteiger partial charge in [-0.2, -0.15) is 5.10 Å². The molecule has 0 atom stereocenters. The van der Waals surface area contributed by atoms with E-state index in [0.29, 0.717) is 36.2 Å². The van der Waals surface area contributed by atoms with Crippen molar-refractivity contribution in [2.45, 2.75) is 44.8 Å². The van der Waals surface area contributed by atoms with E-state index in [-0.39, 0.29) is 5.91 Å².